The fourth-order valence-electron chi connectivity index (χ4n) is 4.47. The van der Waals surface area contributed by atoms with E-state index in [0.29, 0.717) is 52.5 Å². The van der Waals surface area contributed by atoms with Crippen LogP contribution < -0.4 is 14.9 Å². The Bertz CT molecular complexity index is 1750. The highest BCUT2D eigenvalue weighted by atomic mass is 32.2. The van der Waals surface area contributed by atoms with E-state index in [0.717, 1.165) is 11.2 Å². The summed E-state index contributed by atoms with van der Waals surface area (Å²) in [6, 6.07) is 18.0. The number of fused-ring (bicyclic) bond motifs is 2. The molecule has 2 aromatic heterocycles. The average molecular weight is 542 g/mol. The molecular formula is C28H27N7O3S. The molecule has 0 saturated heterocycles. The zero-order valence-corrected chi connectivity index (χ0v) is 22.5. The number of nitriles is 1. The summed E-state index contributed by atoms with van der Waals surface area (Å²) in [5.74, 6) is -0.295. The number of imidazole rings is 1. The summed E-state index contributed by atoms with van der Waals surface area (Å²) in [5.41, 5.74) is 5.41. The van der Waals surface area contributed by atoms with E-state index in [-0.39, 0.29) is 5.91 Å². The van der Waals surface area contributed by atoms with Gasteiger partial charge in [-0.1, -0.05) is 6.07 Å². The number of benzene rings is 2. The second-order valence-corrected chi connectivity index (χ2v) is 11.4. The van der Waals surface area contributed by atoms with Crippen LogP contribution in [-0.2, 0) is 14.8 Å². The van der Waals surface area contributed by atoms with Crippen LogP contribution in [0, 0.1) is 11.3 Å². The number of amides is 1. The molecule has 3 heterocycles. The Morgan fingerprint density at radius 2 is 1.87 bits per heavy atom. The van der Waals surface area contributed by atoms with Gasteiger partial charge in [0.15, 0.2) is 0 Å². The average Bonchev–Trinajstić information content (AvgIpc) is 3.49. The van der Waals surface area contributed by atoms with Gasteiger partial charge in [-0.3, -0.25) is 9.10 Å². The van der Waals surface area contributed by atoms with Gasteiger partial charge in [0.25, 0.3) is 5.91 Å². The Morgan fingerprint density at radius 3 is 2.56 bits per heavy atom. The lowest BCUT2D eigenvalue weighted by Gasteiger charge is -2.24. The van der Waals surface area contributed by atoms with Gasteiger partial charge in [-0.2, -0.15) is 5.26 Å². The molecular weight excluding hydrogens is 514 g/mol. The first-order valence-corrected chi connectivity index (χ1v) is 14.0. The zero-order valence-electron chi connectivity index (χ0n) is 21.7. The Hall–Kier alpha value is -4.66. The van der Waals surface area contributed by atoms with E-state index in [9.17, 15) is 18.5 Å². The molecule has 0 aliphatic carbocycles. The molecule has 0 atom stereocenters. The summed E-state index contributed by atoms with van der Waals surface area (Å²) < 4.78 is 28.2. The van der Waals surface area contributed by atoms with E-state index in [2.05, 4.69) is 21.7 Å². The van der Waals surface area contributed by atoms with E-state index >= 15 is 0 Å². The molecule has 1 aliphatic heterocycles. The highest BCUT2D eigenvalue weighted by molar-refractivity contribution is 7.92. The third-order valence-electron chi connectivity index (χ3n) is 6.40. The molecule has 0 radical (unpaired) electrons. The van der Waals surface area contributed by atoms with Crippen molar-refractivity contribution in [1.29, 1.82) is 5.26 Å². The molecule has 11 heteroatoms. The largest absolute Gasteiger partial charge is 0.354 e. The predicted octanol–water partition coefficient (Wildman–Crippen LogP) is 3.47. The maximum atomic E-state index is 13.2. The Kier molecular flexibility index (Phi) is 6.82. The highest BCUT2D eigenvalue weighted by Crippen LogP contribution is 2.38. The van der Waals surface area contributed by atoms with Crippen LogP contribution in [0.5, 0.6) is 0 Å². The van der Waals surface area contributed by atoms with Crippen LogP contribution in [0.15, 0.2) is 73.2 Å². The number of nitrogens with zero attached hydrogens (tertiary/aromatic N) is 5. The monoisotopic (exact) mass is 541 g/mol. The molecule has 0 bridgehead atoms. The van der Waals surface area contributed by atoms with Crippen molar-refractivity contribution >= 4 is 49.9 Å². The van der Waals surface area contributed by atoms with E-state index in [4.69, 9.17) is 0 Å². The second-order valence-electron chi connectivity index (χ2n) is 9.50. The SMILES string of the molecule is CN(C)CCN(c1ccc(N/C(=C2\C(=O)Nc3cc(C#N)ccc32)c2ccc3nccn3c2)cc1)S(C)(=O)=O. The molecule has 0 unspecified atom stereocenters. The minimum Gasteiger partial charge on any atom is -0.354 e. The zero-order chi connectivity index (χ0) is 27.7. The third kappa shape index (κ3) is 5.34. The maximum absolute atomic E-state index is 13.2. The normalized spacial score (nSPS) is 14.2. The minimum atomic E-state index is -3.47. The van der Waals surface area contributed by atoms with E-state index in [1.807, 2.05) is 47.9 Å². The number of carbonyl (C=O) groups excluding carboxylic acids is 1. The van der Waals surface area contributed by atoms with E-state index in [1.54, 1.807) is 48.7 Å². The van der Waals surface area contributed by atoms with E-state index < -0.39 is 10.0 Å². The van der Waals surface area contributed by atoms with Gasteiger partial charge in [-0.05, 0) is 62.6 Å². The summed E-state index contributed by atoms with van der Waals surface area (Å²) in [7, 11) is 0.307. The minimum absolute atomic E-state index is 0.295. The number of hydrogen-bond donors (Lipinski definition) is 2. The van der Waals surface area contributed by atoms with Crippen LogP contribution in [0.4, 0.5) is 17.1 Å². The number of likely N-dealkylation sites (N-methyl/N-ethyl adjacent to an activating group) is 1. The van der Waals surface area contributed by atoms with Crippen LogP contribution >= 0.6 is 0 Å². The maximum Gasteiger partial charge on any atom is 0.258 e. The van der Waals surface area contributed by atoms with Crippen LogP contribution in [0.1, 0.15) is 16.7 Å². The fourth-order valence-corrected chi connectivity index (χ4v) is 5.39. The molecule has 5 rings (SSSR count). The van der Waals surface area contributed by atoms with Crippen molar-refractivity contribution in [3.05, 3.63) is 89.9 Å². The predicted molar refractivity (Wildman–Crippen MR) is 153 cm³/mol. The Labute approximate surface area is 226 Å². The summed E-state index contributed by atoms with van der Waals surface area (Å²) in [5, 5.41) is 15.6. The Morgan fingerprint density at radius 1 is 1.10 bits per heavy atom. The molecule has 1 amide bonds. The van der Waals surface area contributed by atoms with Crippen molar-refractivity contribution in [2.24, 2.45) is 0 Å². The molecule has 4 aromatic rings. The topological polar surface area (TPSA) is 123 Å². The second kappa shape index (κ2) is 10.2. The smallest absolute Gasteiger partial charge is 0.258 e. The number of carbonyl (C=O) groups is 1. The van der Waals surface area contributed by atoms with Crippen molar-refractivity contribution in [3.8, 4) is 6.07 Å². The number of rotatable bonds is 8. The lowest BCUT2D eigenvalue weighted by atomic mass is 10.00. The first kappa shape index (κ1) is 26.0. The lowest BCUT2D eigenvalue weighted by Crippen LogP contribution is -2.35. The molecule has 39 heavy (non-hydrogen) atoms. The van der Waals surface area contributed by atoms with Crippen molar-refractivity contribution in [1.82, 2.24) is 14.3 Å². The molecule has 198 valence electrons. The Balaban J connectivity index is 1.57. The van der Waals surface area contributed by atoms with Gasteiger partial charge in [0.1, 0.15) is 5.65 Å². The summed E-state index contributed by atoms with van der Waals surface area (Å²) in [6.07, 6.45) is 6.60. The van der Waals surface area contributed by atoms with Crippen molar-refractivity contribution in [2.75, 3.05) is 48.4 Å². The molecule has 0 spiro atoms. The van der Waals surface area contributed by atoms with Gasteiger partial charge < -0.3 is 19.9 Å². The number of aromatic nitrogens is 2. The van der Waals surface area contributed by atoms with Crippen molar-refractivity contribution in [3.63, 3.8) is 0 Å². The van der Waals surface area contributed by atoms with Gasteiger partial charge in [0, 0.05) is 48.5 Å². The first-order valence-electron chi connectivity index (χ1n) is 12.2. The number of hydrogen-bond acceptors (Lipinski definition) is 7. The van der Waals surface area contributed by atoms with Crippen LogP contribution in [0.3, 0.4) is 0 Å². The van der Waals surface area contributed by atoms with Gasteiger partial charge in [0.2, 0.25) is 10.0 Å². The van der Waals surface area contributed by atoms with Gasteiger partial charge in [0.05, 0.1) is 40.5 Å². The van der Waals surface area contributed by atoms with Crippen LogP contribution in [0.2, 0.25) is 0 Å². The quantitative estimate of drug-likeness (QED) is 0.328. The molecule has 10 nitrogen and oxygen atoms in total. The number of pyridine rings is 1. The number of sulfonamides is 1. The first-order chi connectivity index (χ1) is 18.6. The van der Waals surface area contributed by atoms with Gasteiger partial charge in [-0.25, -0.2) is 13.4 Å². The van der Waals surface area contributed by atoms with E-state index in [1.165, 1.54) is 10.6 Å². The summed E-state index contributed by atoms with van der Waals surface area (Å²) in [4.78, 5) is 19.5. The van der Waals surface area contributed by atoms with Gasteiger partial charge >= 0.3 is 0 Å². The fraction of sp³-hybridized carbons (Fsp3) is 0.179. The molecule has 1 aliphatic rings. The van der Waals surface area contributed by atoms with Crippen LogP contribution in [-0.4, -0.2) is 62.1 Å². The van der Waals surface area contributed by atoms with Crippen molar-refractivity contribution in [2.45, 2.75) is 0 Å². The van der Waals surface area contributed by atoms with Gasteiger partial charge in [-0.15, -0.1) is 0 Å². The van der Waals surface area contributed by atoms with Crippen LogP contribution in [0.25, 0.3) is 16.9 Å². The third-order valence-corrected chi connectivity index (χ3v) is 7.59. The molecule has 0 saturated carbocycles. The highest BCUT2D eigenvalue weighted by Gasteiger charge is 2.29. The molecule has 0 fully saturated rings. The lowest BCUT2D eigenvalue weighted by molar-refractivity contribution is -0.110. The molecule has 2 aromatic carbocycles. The summed E-state index contributed by atoms with van der Waals surface area (Å²) >= 11 is 0. The summed E-state index contributed by atoms with van der Waals surface area (Å²) in [6.45, 7) is 0.891. The number of anilines is 3. The number of nitrogens with one attached hydrogen (secondary N) is 2. The standard InChI is InChI=1S/C28H27N7O3S/c1-33(2)14-15-35(39(3,37)38)22-8-6-21(7-9-22)31-27(20-5-11-25-30-12-13-34(25)18-20)26-23-10-4-19(17-29)16-24(23)32-28(26)36/h4-13,16,18,31H,14-15H2,1-3H3,(H,32,36)/b27-26-. The molecule has 2 N–H and O–H groups in total. The van der Waals surface area contributed by atoms with Crippen molar-refractivity contribution < 1.29 is 13.2 Å².